The number of anilines is 1. The van der Waals surface area contributed by atoms with Gasteiger partial charge < -0.3 is 9.64 Å². The lowest BCUT2D eigenvalue weighted by Crippen LogP contribution is -2.47. The number of ketones is 1. The van der Waals surface area contributed by atoms with Gasteiger partial charge in [0.25, 0.3) is 0 Å². The van der Waals surface area contributed by atoms with Crippen molar-refractivity contribution in [1.82, 2.24) is 14.9 Å². The number of aryl methyl sites for hydroxylation is 1. The largest absolute Gasteiger partial charge is 0.489 e. The Morgan fingerprint density at radius 2 is 1.82 bits per heavy atom. The SMILES string of the molecule is Cc1ccc(C(=O)CC2CCC(CCN3CCN(c4nccc5c4OCC5)CC3)CC2)cn1. The summed E-state index contributed by atoms with van der Waals surface area (Å²) < 4.78 is 5.86. The molecule has 176 valence electrons. The van der Waals surface area contributed by atoms with Gasteiger partial charge >= 0.3 is 0 Å². The molecule has 1 saturated carbocycles. The van der Waals surface area contributed by atoms with Crippen LogP contribution < -0.4 is 9.64 Å². The Bertz CT molecular complexity index is 945. The van der Waals surface area contributed by atoms with E-state index in [4.69, 9.17) is 4.74 Å². The Labute approximate surface area is 197 Å². The quantitative estimate of drug-likeness (QED) is 0.588. The number of rotatable bonds is 7. The third kappa shape index (κ3) is 5.37. The van der Waals surface area contributed by atoms with Gasteiger partial charge in [0, 0.05) is 68.2 Å². The number of piperazine rings is 1. The molecule has 5 rings (SSSR count). The van der Waals surface area contributed by atoms with Crippen LogP contribution in [0.5, 0.6) is 5.75 Å². The summed E-state index contributed by atoms with van der Waals surface area (Å²) in [6, 6.07) is 5.94. The Morgan fingerprint density at radius 1 is 1.03 bits per heavy atom. The molecule has 0 bridgehead atoms. The van der Waals surface area contributed by atoms with Gasteiger partial charge in [-0.1, -0.05) is 12.8 Å². The predicted octanol–water partition coefficient (Wildman–Crippen LogP) is 4.31. The summed E-state index contributed by atoms with van der Waals surface area (Å²) in [5.41, 5.74) is 3.03. The number of pyridine rings is 2. The van der Waals surface area contributed by atoms with Crippen molar-refractivity contribution < 1.29 is 9.53 Å². The van der Waals surface area contributed by atoms with Crippen LogP contribution in [-0.2, 0) is 6.42 Å². The lowest BCUT2D eigenvalue weighted by atomic mass is 9.78. The standard InChI is InChI=1S/C27H36N4O2/c1-20-2-7-24(19-29-20)25(32)18-22-5-3-21(4-6-22)9-12-30-13-15-31(16-14-30)27-26-23(8-11-28-27)10-17-33-26/h2,7-8,11,19,21-22H,3-6,9-10,12-18H2,1H3. The van der Waals surface area contributed by atoms with Crippen molar-refractivity contribution in [3.05, 3.63) is 47.4 Å². The second kappa shape index (κ2) is 10.2. The molecule has 0 N–H and O–H groups in total. The summed E-state index contributed by atoms with van der Waals surface area (Å²) in [6.07, 6.45) is 11.5. The zero-order valence-corrected chi connectivity index (χ0v) is 19.8. The molecule has 33 heavy (non-hydrogen) atoms. The Kier molecular flexibility index (Phi) is 6.91. The number of hydrogen-bond acceptors (Lipinski definition) is 6. The lowest BCUT2D eigenvalue weighted by Gasteiger charge is -2.37. The number of aromatic nitrogens is 2. The molecule has 0 radical (unpaired) electrons. The van der Waals surface area contributed by atoms with Gasteiger partial charge in [0.1, 0.15) is 0 Å². The monoisotopic (exact) mass is 448 g/mol. The number of Topliss-reactive ketones (excluding diaryl/α,β-unsaturated/α-hetero) is 1. The van der Waals surface area contributed by atoms with E-state index in [2.05, 4.69) is 25.8 Å². The molecule has 2 aromatic rings. The van der Waals surface area contributed by atoms with E-state index < -0.39 is 0 Å². The zero-order chi connectivity index (χ0) is 22.6. The summed E-state index contributed by atoms with van der Waals surface area (Å²) in [5, 5.41) is 0. The second-order valence-electron chi connectivity index (χ2n) is 10.0. The van der Waals surface area contributed by atoms with Crippen LogP contribution in [0.1, 0.15) is 60.1 Å². The van der Waals surface area contributed by atoms with Gasteiger partial charge in [0.2, 0.25) is 0 Å². The van der Waals surface area contributed by atoms with Crippen LogP contribution in [0, 0.1) is 18.8 Å². The van der Waals surface area contributed by atoms with Gasteiger partial charge in [-0.05, 0) is 62.8 Å². The third-order valence-electron chi connectivity index (χ3n) is 7.78. The maximum atomic E-state index is 12.6. The van der Waals surface area contributed by atoms with Gasteiger partial charge in [-0.3, -0.25) is 14.7 Å². The topological polar surface area (TPSA) is 58.6 Å². The average Bonchev–Trinajstić information content (AvgIpc) is 3.34. The van der Waals surface area contributed by atoms with Crippen LogP contribution in [0.4, 0.5) is 5.82 Å². The first kappa shape index (κ1) is 22.3. The minimum atomic E-state index is 0.257. The summed E-state index contributed by atoms with van der Waals surface area (Å²) in [6.45, 7) is 8.17. The number of fused-ring (bicyclic) bond motifs is 1. The second-order valence-corrected chi connectivity index (χ2v) is 10.0. The van der Waals surface area contributed by atoms with Crippen LogP contribution in [0.3, 0.4) is 0 Å². The fraction of sp³-hybridized carbons (Fsp3) is 0.593. The molecule has 2 fully saturated rings. The molecule has 1 aliphatic carbocycles. The summed E-state index contributed by atoms with van der Waals surface area (Å²) in [5.74, 6) is 3.66. The highest BCUT2D eigenvalue weighted by Crippen LogP contribution is 2.35. The summed E-state index contributed by atoms with van der Waals surface area (Å²) in [7, 11) is 0. The molecule has 6 heteroatoms. The minimum Gasteiger partial charge on any atom is -0.489 e. The molecule has 4 heterocycles. The van der Waals surface area contributed by atoms with E-state index in [0.717, 1.165) is 67.9 Å². The minimum absolute atomic E-state index is 0.257. The van der Waals surface area contributed by atoms with Crippen LogP contribution in [0.25, 0.3) is 0 Å². The molecule has 1 saturated heterocycles. The molecule has 2 aliphatic heterocycles. The van der Waals surface area contributed by atoms with Gasteiger partial charge in [-0.15, -0.1) is 0 Å². The van der Waals surface area contributed by atoms with Gasteiger partial charge in [0.05, 0.1) is 6.61 Å². The van der Waals surface area contributed by atoms with Crippen molar-refractivity contribution in [3.8, 4) is 5.75 Å². The van der Waals surface area contributed by atoms with Crippen LogP contribution in [0.2, 0.25) is 0 Å². The summed E-state index contributed by atoms with van der Waals surface area (Å²) >= 11 is 0. The molecule has 0 amide bonds. The van der Waals surface area contributed by atoms with Crippen LogP contribution in [0.15, 0.2) is 30.6 Å². The fourth-order valence-corrected chi connectivity index (χ4v) is 5.60. The number of hydrogen-bond donors (Lipinski definition) is 0. The Morgan fingerprint density at radius 3 is 2.58 bits per heavy atom. The van der Waals surface area contributed by atoms with E-state index in [0.29, 0.717) is 12.3 Å². The predicted molar refractivity (Wildman–Crippen MR) is 130 cm³/mol. The van der Waals surface area contributed by atoms with E-state index in [-0.39, 0.29) is 5.78 Å². The number of nitrogens with zero attached hydrogens (tertiary/aromatic N) is 4. The normalized spacial score (nSPS) is 23.2. The van der Waals surface area contributed by atoms with Crippen molar-refractivity contribution in [2.24, 2.45) is 11.8 Å². The van der Waals surface area contributed by atoms with Gasteiger partial charge in [-0.25, -0.2) is 4.98 Å². The van der Waals surface area contributed by atoms with Crippen molar-refractivity contribution in [2.75, 3.05) is 44.2 Å². The molecule has 0 spiro atoms. The van der Waals surface area contributed by atoms with Crippen molar-refractivity contribution in [3.63, 3.8) is 0 Å². The number of carbonyl (C=O) groups excluding carboxylic acids is 1. The van der Waals surface area contributed by atoms with E-state index in [1.807, 2.05) is 25.3 Å². The number of carbonyl (C=O) groups is 1. The molecule has 0 aromatic carbocycles. The van der Waals surface area contributed by atoms with Crippen LogP contribution in [-0.4, -0.2) is 60.0 Å². The van der Waals surface area contributed by atoms with Gasteiger partial charge in [-0.2, -0.15) is 0 Å². The Balaban J connectivity index is 1.02. The lowest BCUT2D eigenvalue weighted by molar-refractivity contribution is 0.0939. The van der Waals surface area contributed by atoms with Gasteiger partial charge in [0.15, 0.2) is 17.4 Å². The molecular weight excluding hydrogens is 412 g/mol. The highest BCUT2D eigenvalue weighted by Gasteiger charge is 2.27. The molecule has 0 atom stereocenters. The fourth-order valence-electron chi connectivity index (χ4n) is 5.60. The Hall–Kier alpha value is -2.47. The molecule has 2 aromatic heterocycles. The average molecular weight is 449 g/mol. The maximum Gasteiger partial charge on any atom is 0.171 e. The molecule has 6 nitrogen and oxygen atoms in total. The maximum absolute atomic E-state index is 12.6. The van der Waals surface area contributed by atoms with E-state index in [1.54, 1.807) is 6.20 Å². The first-order valence-electron chi connectivity index (χ1n) is 12.7. The van der Waals surface area contributed by atoms with Crippen molar-refractivity contribution in [1.29, 1.82) is 0 Å². The van der Waals surface area contributed by atoms with E-state index in [9.17, 15) is 4.79 Å². The molecule has 3 aliphatic rings. The smallest absolute Gasteiger partial charge is 0.171 e. The van der Waals surface area contributed by atoms with Crippen LogP contribution >= 0.6 is 0 Å². The van der Waals surface area contributed by atoms with E-state index >= 15 is 0 Å². The summed E-state index contributed by atoms with van der Waals surface area (Å²) in [4.78, 5) is 26.5. The van der Waals surface area contributed by atoms with Crippen molar-refractivity contribution in [2.45, 2.75) is 51.9 Å². The first-order chi connectivity index (χ1) is 16.2. The highest BCUT2D eigenvalue weighted by molar-refractivity contribution is 5.95. The molecular formula is C27H36N4O2. The number of ether oxygens (including phenoxy) is 1. The highest BCUT2D eigenvalue weighted by atomic mass is 16.5. The third-order valence-corrected chi connectivity index (χ3v) is 7.78. The van der Waals surface area contributed by atoms with E-state index in [1.165, 1.54) is 44.2 Å². The van der Waals surface area contributed by atoms with Crippen molar-refractivity contribution >= 4 is 11.6 Å². The first-order valence-corrected chi connectivity index (χ1v) is 12.7. The molecule has 0 unspecified atom stereocenters. The zero-order valence-electron chi connectivity index (χ0n) is 19.8.